The summed E-state index contributed by atoms with van der Waals surface area (Å²) in [6.07, 6.45) is 32.3. The number of nitrogens with zero attached hydrogens (tertiary/aromatic N) is 1. The number of aliphatic carboxylic acids is 1. The maximum atomic E-state index is 12.6. The van der Waals surface area contributed by atoms with E-state index >= 15 is 0 Å². The van der Waals surface area contributed by atoms with Crippen LogP contribution in [-0.2, 0) is 28.6 Å². The number of carboxylic acid groups (broad SMARTS) is 1. The average Bonchev–Trinajstić information content (AvgIpc) is 3.03. The molecule has 0 aliphatic carbocycles. The minimum Gasteiger partial charge on any atom is -0.477 e. The number of likely N-dealkylation sites (N-methyl/N-ethyl adjacent to an activating group) is 1. The van der Waals surface area contributed by atoms with Crippen LogP contribution >= 0.6 is 0 Å². The van der Waals surface area contributed by atoms with Crippen LogP contribution in [-0.4, -0.2) is 80.6 Å². The first kappa shape index (κ1) is 45.8. The van der Waals surface area contributed by atoms with Crippen molar-refractivity contribution in [2.45, 2.75) is 174 Å². The summed E-state index contributed by atoms with van der Waals surface area (Å²) in [6, 6.07) is -0.613. The number of allylic oxidation sites excluding steroid dienone is 4. The molecule has 0 bridgehead atoms. The minimum absolute atomic E-state index is 0.0553. The Morgan fingerprint density at radius 1 is 0.625 bits per heavy atom. The van der Waals surface area contributed by atoms with Crippen molar-refractivity contribution in [1.82, 2.24) is 0 Å². The Labute approximate surface area is 294 Å². The molecule has 0 aromatic heterocycles. The summed E-state index contributed by atoms with van der Waals surface area (Å²) in [5.41, 5.74) is 0. The minimum atomic E-state index is -0.879. The van der Waals surface area contributed by atoms with Crippen molar-refractivity contribution >= 4 is 17.9 Å². The molecule has 1 N–H and O–H groups in total. The zero-order valence-corrected chi connectivity index (χ0v) is 31.7. The Hall–Kier alpha value is -2.19. The monoisotopic (exact) mass is 681 g/mol. The summed E-state index contributed by atoms with van der Waals surface area (Å²) in [5.74, 6) is -1.50. The molecule has 2 unspecified atom stereocenters. The summed E-state index contributed by atoms with van der Waals surface area (Å²) < 4.78 is 17.1. The number of rotatable bonds is 34. The largest absolute Gasteiger partial charge is 0.477 e. The molecule has 0 aromatic carbocycles. The van der Waals surface area contributed by atoms with Gasteiger partial charge in [-0.1, -0.05) is 128 Å². The van der Waals surface area contributed by atoms with Crippen molar-refractivity contribution in [2.75, 3.05) is 41.0 Å². The Morgan fingerprint density at radius 2 is 1.08 bits per heavy atom. The number of unbranched alkanes of at least 4 members (excludes halogenated alkanes) is 17. The van der Waals surface area contributed by atoms with Crippen LogP contribution in [0.15, 0.2) is 24.3 Å². The summed E-state index contributed by atoms with van der Waals surface area (Å²) in [5, 5.41) is 9.56. The van der Waals surface area contributed by atoms with Crippen molar-refractivity contribution < 1.29 is 38.2 Å². The van der Waals surface area contributed by atoms with E-state index in [2.05, 4.69) is 38.2 Å². The predicted molar refractivity (Wildman–Crippen MR) is 197 cm³/mol. The topological polar surface area (TPSA) is 99.1 Å². The van der Waals surface area contributed by atoms with Gasteiger partial charge in [-0.15, -0.1) is 0 Å². The number of hydrogen-bond donors (Lipinski definition) is 1. The van der Waals surface area contributed by atoms with Gasteiger partial charge in [0.05, 0.1) is 34.4 Å². The van der Waals surface area contributed by atoms with Crippen LogP contribution < -0.4 is 0 Å². The number of esters is 2. The SMILES string of the molecule is CCCCCCCCC/C=C/C=C/CCCCCC(=O)OCC(COCCC(C(=O)O)[N+](C)(C)C)OC(=O)CCCCCCCCCC. The van der Waals surface area contributed by atoms with E-state index in [0.29, 0.717) is 19.3 Å². The highest BCUT2D eigenvalue weighted by Gasteiger charge is 2.31. The number of quaternary nitrogens is 1. The first-order valence-corrected chi connectivity index (χ1v) is 19.4. The van der Waals surface area contributed by atoms with Crippen LogP contribution in [0, 0.1) is 0 Å². The zero-order chi connectivity index (χ0) is 35.7. The molecule has 2 atom stereocenters. The predicted octanol–water partition coefficient (Wildman–Crippen LogP) is 9.74. The highest BCUT2D eigenvalue weighted by molar-refractivity contribution is 5.72. The van der Waals surface area contributed by atoms with Gasteiger partial charge >= 0.3 is 17.9 Å². The van der Waals surface area contributed by atoms with E-state index < -0.39 is 18.1 Å². The molecule has 0 radical (unpaired) electrons. The lowest BCUT2D eigenvalue weighted by Crippen LogP contribution is -2.50. The van der Waals surface area contributed by atoms with Gasteiger partial charge in [0.25, 0.3) is 0 Å². The molecule has 0 saturated carbocycles. The summed E-state index contributed by atoms with van der Waals surface area (Å²) in [6.45, 7) is 4.66. The Bertz CT molecular complexity index is 849. The highest BCUT2D eigenvalue weighted by atomic mass is 16.6. The van der Waals surface area contributed by atoms with Gasteiger partial charge in [-0.05, 0) is 38.5 Å². The second-order valence-electron chi connectivity index (χ2n) is 14.2. The standard InChI is InChI=1S/C40H73NO7/c1-6-8-10-12-14-16-17-18-19-20-21-22-23-25-26-28-30-38(42)47-35-36(34-46-33-32-37(40(44)45)41(3,4)5)48-39(43)31-29-27-24-15-13-11-9-7-2/h19-22,36-37H,6-18,23-35H2,1-5H3/p+1/b20-19+,22-21+. The molecule has 0 amide bonds. The molecular weight excluding hydrogens is 606 g/mol. The molecule has 0 rings (SSSR count). The molecule has 0 aromatic rings. The molecule has 48 heavy (non-hydrogen) atoms. The maximum absolute atomic E-state index is 12.6. The fourth-order valence-electron chi connectivity index (χ4n) is 5.55. The number of ether oxygens (including phenoxy) is 3. The first-order chi connectivity index (χ1) is 23.1. The van der Waals surface area contributed by atoms with Crippen LogP contribution in [0.3, 0.4) is 0 Å². The van der Waals surface area contributed by atoms with Crippen molar-refractivity contribution in [2.24, 2.45) is 0 Å². The molecule has 8 nitrogen and oxygen atoms in total. The lowest BCUT2D eigenvalue weighted by atomic mass is 10.1. The van der Waals surface area contributed by atoms with Gasteiger partial charge in [-0.2, -0.15) is 0 Å². The van der Waals surface area contributed by atoms with Gasteiger partial charge in [-0.3, -0.25) is 9.59 Å². The van der Waals surface area contributed by atoms with Gasteiger partial charge in [0.2, 0.25) is 0 Å². The Morgan fingerprint density at radius 3 is 1.58 bits per heavy atom. The molecule has 280 valence electrons. The quantitative estimate of drug-likeness (QED) is 0.0313. The highest BCUT2D eigenvalue weighted by Crippen LogP contribution is 2.13. The Balaban J connectivity index is 4.39. The van der Waals surface area contributed by atoms with Crippen molar-refractivity contribution in [1.29, 1.82) is 0 Å². The van der Waals surface area contributed by atoms with Crippen LogP contribution in [0.2, 0.25) is 0 Å². The Kier molecular flexibility index (Phi) is 30.6. The molecule has 0 aliphatic heterocycles. The normalized spacial score (nSPS) is 13.3. The van der Waals surface area contributed by atoms with Crippen LogP contribution in [0.5, 0.6) is 0 Å². The third-order valence-corrected chi connectivity index (χ3v) is 8.63. The second kappa shape index (κ2) is 32.0. The van der Waals surface area contributed by atoms with Crippen LogP contribution in [0.4, 0.5) is 0 Å². The van der Waals surface area contributed by atoms with E-state index in [-0.39, 0.29) is 36.2 Å². The molecule has 0 heterocycles. The molecule has 0 aliphatic rings. The number of hydrogen-bond acceptors (Lipinski definition) is 6. The van der Waals surface area contributed by atoms with Gasteiger partial charge in [0.15, 0.2) is 12.1 Å². The van der Waals surface area contributed by atoms with Crippen LogP contribution in [0.1, 0.15) is 162 Å². The summed E-state index contributed by atoms with van der Waals surface area (Å²) in [7, 11) is 5.50. The number of carbonyl (C=O) groups excluding carboxylic acids is 2. The van der Waals surface area contributed by atoms with E-state index in [1.165, 1.54) is 77.0 Å². The van der Waals surface area contributed by atoms with E-state index in [1.54, 1.807) is 0 Å². The van der Waals surface area contributed by atoms with Gasteiger partial charge in [0, 0.05) is 19.3 Å². The lowest BCUT2D eigenvalue weighted by molar-refractivity contribution is -0.887. The average molecular weight is 681 g/mol. The third kappa shape index (κ3) is 29.9. The van der Waals surface area contributed by atoms with Gasteiger partial charge in [0.1, 0.15) is 6.61 Å². The zero-order valence-electron chi connectivity index (χ0n) is 31.7. The molecule has 0 saturated heterocycles. The van der Waals surface area contributed by atoms with Crippen molar-refractivity contribution in [3.8, 4) is 0 Å². The first-order valence-electron chi connectivity index (χ1n) is 19.4. The second-order valence-corrected chi connectivity index (χ2v) is 14.2. The van der Waals surface area contributed by atoms with E-state index in [4.69, 9.17) is 14.2 Å². The maximum Gasteiger partial charge on any atom is 0.362 e. The molecule has 8 heteroatoms. The van der Waals surface area contributed by atoms with Gasteiger partial charge < -0.3 is 23.8 Å². The van der Waals surface area contributed by atoms with E-state index in [1.807, 2.05) is 21.1 Å². The molecule has 0 fully saturated rings. The fraction of sp³-hybridized carbons (Fsp3) is 0.825. The molecule has 0 spiro atoms. The third-order valence-electron chi connectivity index (χ3n) is 8.63. The summed E-state index contributed by atoms with van der Waals surface area (Å²) >= 11 is 0. The van der Waals surface area contributed by atoms with E-state index in [9.17, 15) is 19.5 Å². The van der Waals surface area contributed by atoms with Crippen molar-refractivity contribution in [3.63, 3.8) is 0 Å². The lowest BCUT2D eigenvalue weighted by Gasteiger charge is -2.31. The van der Waals surface area contributed by atoms with Gasteiger partial charge in [-0.25, -0.2) is 4.79 Å². The van der Waals surface area contributed by atoms with Crippen LogP contribution in [0.25, 0.3) is 0 Å². The number of carboxylic acids is 1. The van der Waals surface area contributed by atoms with Crippen molar-refractivity contribution in [3.05, 3.63) is 24.3 Å². The fourth-order valence-corrected chi connectivity index (χ4v) is 5.55. The van der Waals surface area contributed by atoms with E-state index in [0.717, 1.165) is 51.4 Å². The summed E-state index contributed by atoms with van der Waals surface area (Å²) in [4.78, 5) is 36.7. The smallest absolute Gasteiger partial charge is 0.362 e. The molecular formula is C40H74NO7+. The number of carbonyl (C=O) groups is 3.